The van der Waals surface area contributed by atoms with Crippen LogP contribution in [0, 0.1) is 0 Å². The fourth-order valence-corrected chi connectivity index (χ4v) is 3.34. The number of hydrogen-bond acceptors (Lipinski definition) is 6. The molecule has 114 valence electrons. The number of nitrogens with zero attached hydrogens (tertiary/aromatic N) is 3. The third-order valence-electron chi connectivity index (χ3n) is 3.90. The number of thiazole rings is 1. The van der Waals surface area contributed by atoms with E-state index in [-0.39, 0.29) is 0 Å². The van der Waals surface area contributed by atoms with Gasteiger partial charge in [-0.3, -0.25) is 10.00 Å². The predicted molar refractivity (Wildman–Crippen MR) is 84.6 cm³/mol. The number of nitrogens with one attached hydrogen (secondary N) is 2. The van der Waals surface area contributed by atoms with Crippen LogP contribution < -0.4 is 5.32 Å². The van der Waals surface area contributed by atoms with Crippen molar-refractivity contribution in [1.29, 1.82) is 0 Å². The van der Waals surface area contributed by atoms with Crippen LogP contribution in [-0.2, 0) is 26.1 Å². The van der Waals surface area contributed by atoms with Gasteiger partial charge >= 0.3 is 0 Å². The van der Waals surface area contributed by atoms with Crippen molar-refractivity contribution in [3.63, 3.8) is 0 Å². The second kappa shape index (κ2) is 5.94. The zero-order chi connectivity index (χ0) is 14.8. The zero-order valence-corrected chi connectivity index (χ0v) is 12.9. The van der Waals surface area contributed by atoms with Crippen molar-refractivity contribution >= 4 is 16.5 Å². The van der Waals surface area contributed by atoms with Gasteiger partial charge in [0.1, 0.15) is 5.76 Å². The summed E-state index contributed by atoms with van der Waals surface area (Å²) in [5.41, 5.74) is 3.66. The van der Waals surface area contributed by atoms with Gasteiger partial charge in [-0.15, -0.1) is 11.3 Å². The molecule has 0 amide bonds. The van der Waals surface area contributed by atoms with Crippen LogP contribution in [0.15, 0.2) is 34.4 Å². The van der Waals surface area contributed by atoms with Gasteiger partial charge in [0.05, 0.1) is 30.7 Å². The van der Waals surface area contributed by atoms with Crippen molar-refractivity contribution in [2.45, 2.75) is 26.1 Å². The minimum atomic E-state index is 0.720. The Morgan fingerprint density at radius 2 is 2.45 bits per heavy atom. The van der Waals surface area contributed by atoms with Crippen LogP contribution in [0.5, 0.6) is 0 Å². The molecule has 0 aliphatic carbocycles. The first kappa shape index (κ1) is 13.5. The maximum absolute atomic E-state index is 5.43. The molecule has 3 aromatic heterocycles. The molecule has 0 radical (unpaired) electrons. The average Bonchev–Trinajstić information content (AvgIpc) is 3.27. The summed E-state index contributed by atoms with van der Waals surface area (Å²) < 4.78 is 5.43. The van der Waals surface area contributed by atoms with E-state index in [1.807, 2.05) is 17.5 Å². The molecule has 6 nitrogen and oxygen atoms in total. The lowest BCUT2D eigenvalue weighted by Crippen LogP contribution is -2.30. The summed E-state index contributed by atoms with van der Waals surface area (Å²) in [6, 6.07) is 3.95. The van der Waals surface area contributed by atoms with Gasteiger partial charge in [0.15, 0.2) is 5.13 Å². The van der Waals surface area contributed by atoms with Gasteiger partial charge in [0.2, 0.25) is 0 Å². The van der Waals surface area contributed by atoms with Gasteiger partial charge in [-0.25, -0.2) is 4.98 Å². The fraction of sp³-hybridized carbons (Fsp3) is 0.333. The fourth-order valence-electron chi connectivity index (χ4n) is 2.82. The molecule has 0 unspecified atom stereocenters. The first-order chi connectivity index (χ1) is 10.9. The van der Waals surface area contributed by atoms with Crippen LogP contribution in [0.1, 0.15) is 22.7 Å². The first-order valence-corrected chi connectivity index (χ1v) is 8.19. The largest absolute Gasteiger partial charge is 0.468 e. The summed E-state index contributed by atoms with van der Waals surface area (Å²) in [5, 5.41) is 13.9. The van der Waals surface area contributed by atoms with Crippen molar-refractivity contribution in [3.8, 4) is 0 Å². The molecular formula is C15H17N5OS. The normalized spacial score (nSPS) is 14.9. The van der Waals surface area contributed by atoms with Crippen molar-refractivity contribution in [2.24, 2.45) is 0 Å². The summed E-state index contributed by atoms with van der Waals surface area (Å²) >= 11 is 1.61. The second-order valence-corrected chi connectivity index (χ2v) is 6.25. The Labute approximate surface area is 132 Å². The molecular weight excluding hydrogens is 298 g/mol. The molecule has 3 aromatic rings. The van der Waals surface area contributed by atoms with Crippen LogP contribution >= 0.6 is 11.3 Å². The van der Waals surface area contributed by atoms with E-state index in [9.17, 15) is 0 Å². The number of aromatic nitrogens is 3. The molecule has 4 rings (SSSR count). The Balaban J connectivity index is 1.41. The molecule has 0 spiro atoms. The molecule has 0 bridgehead atoms. The number of rotatable bonds is 5. The lowest BCUT2D eigenvalue weighted by molar-refractivity contribution is 0.223. The molecule has 7 heteroatoms. The summed E-state index contributed by atoms with van der Waals surface area (Å²) in [4.78, 5) is 6.60. The van der Waals surface area contributed by atoms with Crippen molar-refractivity contribution in [1.82, 2.24) is 20.1 Å². The molecule has 0 fully saturated rings. The summed E-state index contributed by atoms with van der Waals surface area (Å²) in [6.07, 6.45) is 4.55. The van der Waals surface area contributed by atoms with Gasteiger partial charge in [0.25, 0.3) is 0 Å². The van der Waals surface area contributed by atoms with Crippen LogP contribution in [0.3, 0.4) is 0 Å². The van der Waals surface area contributed by atoms with Gasteiger partial charge in [-0.05, 0) is 18.6 Å². The van der Waals surface area contributed by atoms with Crippen LogP contribution in [0.25, 0.3) is 0 Å². The van der Waals surface area contributed by atoms with E-state index in [0.29, 0.717) is 0 Å². The Kier molecular flexibility index (Phi) is 3.65. The molecule has 2 N–H and O–H groups in total. The second-order valence-electron chi connectivity index (χ2n) is 5.36. The van der Waals surface area contributed by atoms with Crippen molar-refractivity contribution < 1.29 is 4.42 Å². The average molecular weight is 315 g/mol. The van der Waals surface area contributed by atoms with E-state index in [1.54, 1.807) is 23.8 Å². The molecule has 1 aliphatic rings. The Morgan fingerprint density at radius 3 is 3.27 bits per heavy atom. The predicted octanol–water partition coefficient (Wildman–Crippen LogP) is 2.63. The van der Waals surface area contributed by atoms with E-state index in [1.165, 1.54) is 11.3 Å². The van der Waals surface area contributed by atoms with Gasteiger partial charge in [-0.2, -0.15) is 5.10 Å². The molecule has 22 heavy (non-hydrogen) atoms. The van der Waals surface area contributed by atoms with Gasteiger partial charge < -0.3 is 9.73 Å². The summed E-state index contributed by atoms with van der Waals surface area (Å²) in [7, 11) is 0. The molecule has 4 heterocycles. The number of hydrogen-bond donors (Lipinski definition) is 2. The van der Waals surface area contributed by atoms with Gasteiger partial charge in [0, 0.05) is 30.2 Å². The summed E-state index contributed by atoms with van der Waals surface area (Å²) in [5.74, 6) is 1.01. The van der Waals surface area contributed by atoms with Gasteiger partial charge in [-0.1, -0.05) is 0 Å². The maximum Gasteiger partial charge on any atom is 0.182 e. The number of H-pyrrole nitrogens is 1. The molecule has 0 atom stereocenters. The van der Waals surface area contributed by atoms with Crippen LogP contribution in [0.4, 0.5) is 5.13 Å². The van der Waals surface area contributed by atoms with E-state index in [2.05, 4.69) is 25.4 Å². The Morgan fingerprint density at radius 1 is 1.45 bits per heavy atom. The van der Waals surface area contributed by atoms with Crippen LogP contribution in [-0.4, -0.2) is 26.6 Å². The quantitative estimate of drug-likeness (QED) is 0.757. The highest BCUT2D eigenvalue weighted by Gasteiger charge is 2.22. The minimum Gasteiger partial charge on any atom is -0.468 e. The molecule has 1 aliphatic heterocycles. The Hall–Kier alpha value is -2.12. The van der Waals surface area contributed by atoms with Crippen molar-refractivity contribution in [3.05, 3.63) is 52.7 Å². The first-order valence-electron chi connectivity index (χ1n) is 7.31. The standard InChI is InChI=1S/C15H17N5OS/c1-2-11(21-6-1)9-20-5-3-12-13(18-19-14(12)10-20)8-17-15-16-4-7-22-15/h1-2,4,6-7H,3,5,8-10H2,(H,16,17)(H,18,19). The lowest BCUT2D eigenvalue weighted by Gasteiger charge is -2.25. The van der Waals surface area contributed by atoms with E-state index >= 15 is 0 Å². The van der Waals surface area contributed by atoms with E-state index in [0.717, 1.165) is 49.2 Å². The number of fused-ring (bicyclic) bond motifs is 1. The third-order valence-corrected chi connectivity index (χ3v) is 4.63. The third kappa shape index (κ3) is 2.77. The van der Waals surface area contributed by atoms with Crippen molar-refractivity contribution in [2.75, 3.05) is 11.9 Å². The molecule has 0 aromatic carbocycles. The van der Waals surface area contributed by atoms with E-state index < -0.39 is 0 Å². The maximum atomic E-state index is 5.43. The Bertz CT molecular complexity index is 719. The minimum absolute atomic E-state index is 0.720. The number of aromatic amines is 1. The highest BCUT2D eigenvalue weighted by atomic mass is 32.1. The SMILES string of the molecule is c1coc(CN2CCc3c(CNc4nccs4)n[nH]c3C2)c1. The smallest absolute Gasteiger partial charge is 0.182 e. The highest BCUT2D eigenvalue weighted by Crippen LogP contribution is 2.22. The number of furan rings is 1. The molecule has 0 saturated carbocycles. The van der Waals surface area contributed by atoms with Crippen LogP contribution in [0.2, 0.25) is 0 Å². The molecule has 0 saturated heterocycles. The zero-order valence-electron chi connectivity index (χ0n) is 12.1. The number of anilines is 1. The lowest BCUT2D eigenvalue weighted by atomic mass is 10.0. The topological polar surface area (TPSA) is 70.0 Å². The monoisotopic (exact) mass is 315 g/mol. The highest BCUT2D eigenvalue weighted by molar-refractivity contribution is 7.13. The summed E-state index contributed by atoms with van der Waals surface area (Å²) in [6.45, 7) is 3.48. The van der Waals surface area contributed by atoms with E-state index in [4.69, 9.17) is 4.42 Å².